The average molecular weight is 503 g/mol. The SMILES string of the molecule is C=C/C(=C\C(F)=C/C)C1NC(=O)c2c(Cl)cc(Nc3cc(NC(=O)OC(C)(C)C)ncn3)c(=O)n21. The third-order valence-corrected chi connectivity index (χ3v) is 4.91. The smallest absolute Gasteiger partial charge is 0.413 e. The second kappa shape index (κ2) is 10.1. The van der Waals surface area contributed by atoms with Crippen LogP contribution in [0, 0.1) is 0 Å². The first-order valence-corrected chi connectivity index (χ1v) is 10.8. The lowest BCUT2D eigenvalue weighted by atomic mass is 10.1. The Morgan fingerprint density at radius 2 is 1.97 bits per heavy atom. The van der Waals surface area contributed by atoms with Crippen LogP contribution in [0.1, 0.15) is 44.3 Å². The van der Waals surface area contributed by atoms with Crippen LogP contribution < -0.4 is 21.5 Å². The van der Waals surface area contributed by atoms with Gasteiger partial charge in [0.2, 0.25) is 0 Å². The lowest BCUT2D eigenvalue weighted by Gasteiger charge is -2.19. The second-order valence-corrected chi connectivity index (χ2v) is 8.78. The minimum absolute atomic E-state index is 0.0109. The van der Waals surface area contributed by atoms with Crippen LogP contribution >= 0.6 is 11.6 Å². The van der Waals surface area contributed by atoms with Crippen LogP contribution in [0.5, 0.6) is 0 Å². The highest BCUT2D eigenvalue weighted by molar-refractivity contribution is 6.34. The Kier molecular flexibility index (Phi) is 7.39. The summed E-state index contributed by atoms with van der Waals surface area (Å²) in [5.74, 6) is -0.879. The van der Waals surface area contributed by atoms with Gasteiger partial charge in [0.05, 0.1) is 5.02 Å². The molecule has 2 aromatic heterocycles. The quantitative estimate of drug-likeness (QED) is 0.492. The molecule has 12 heteroatoms. The lowest BCUT2D eigenvalue weighted by Crippen LogP contribution is -2.30. The van der Waals surface area contributed by atoms with Gasteiger partial charge < -0.3 is 15.4 Å². The minimum atomic E-state index is -1.03. The number of ether oxygens (including phenoxy) is 1. The molecule has 0 aromatic carbocycles. The number of pyridine rings is 1. The third kappa shape index (κ3) is 5.93. The Morgan fingerprint density at radius 3 is 2.60 bits per heavy atom. The number of rotatable bonds is 6. The van der Waals surface area contributed by atoms with Crippen molar-refractivity contribution >= 4 is 40.9 Å². The number of nitrogens with zero attached hydrogens (tertiary/aromatic N) is 3. The number of anilines is 3. The van der Waals surface area contributed by atoms with Gasteiger partial charge in [-0.3, -0.25) is 19.5 Å². The van der Waals surface area contributed by atoms with E-state index in [2.05, 4.69) is 32.5 Å². The lowest BCUT2D eigenvalue weighted by molar-refractivity contribution is 0.0635. The first-order chi connectivity index (χ1) is 16.4. The topological polar surface area (TPSA) is 127 Å². The third-order valence-electron chi connectivity index (χ3n) is 4.62. The zero-order chi connectivity index (χ0) is 25.9. The number of carbonyl (C=O) groups excluding carboxylic acids is 2. The van der Waals surface area contributed by atoms with Gasteiger partial charge in [0.1, 0.15) is 46.9 Å². The normalized spacial score (nSPS) is 15.8. The van der Waals surface area contributed by atoms with Gasteiger partial charge in [0.25, 0.3) is 11.5 Å². The van der Waals surface area contributed by atoms with Crippen molar-refractivity contribution in [2.75, 3.05) is 10.6 Å². The molecule has 0 saturated heterocycles. The van der Waals surface area contributed by atoms with E-state index in [4.69, 9.17) is 16.3 Å². The van der Waals surface area contributed by atoms with E-state index in [9.17, 15) is 18.8 Å². The first-order valence-electron chi connectivity index (χ1n) is 10.4. The van der Waals surface area contributed by atoms with Crippen molar-refractivity contribution in [2.24, 2.45) is 0 Å². The number of hydrogen-bond acceptors (Lipinski definition) is 7. The van der Waals surface area contributed by atoms with Crippen LogP contribution in [0.4, 0.5) is 26.5 Å². The highest BCUT2D eigenvalue weighted by atomic mass is 35.5. The molecule has 0 fully saturated rings. The molecule has 3 heterocycles. The molecule has 1 atom stereocenters. The fourth-order valence-electron chi connectivity index (χ4n) is 3.18. The molecule has 3 N–H and O–H groups in total. The van der Waals surface area contributed by atoms with Crippen molar-refractivity contribution in [3.63, 3.8) is 0 Å². The van der Waals surface area contributed by atoms with E-state index < -0.39 is 35.2 Å². The summed E-state index contributed by atoms with van der Waals surface area (Å²) in [6.45, 7) is 10.3. The zero-order valence-corrected chi connectivity index (χ0v) is 20.2. The summed E-state index contributed by atoms with van der Waals surface area (Å²) in [5, 5.41) is 7.90. The molecule has 0 bridgehead atoms. The standard InChI is InChI=1S/C23H24ClFN6O4/c1-6-12(8-13(25)7-2)19-30-20(32)18-14(24)9-15(21(33)31(18)19)28-16-10-17(27-11-26-16)29-22(34)35-23(3,4)5/h6-11,19H,1H2,2-5H3,(H,30,32)(H2,26,27,28,29,34)/b12-8+,13-7+. The van der Waals surface area contributed by atoms with Crippen LogP contribution in [0.25, 0.3) is 0 Å². The summed E-state index contributed by atoms with van der Waals surface area (Å²) in [6, 6.07) is 2.66. The summed E-state index contributed by atoms with van der Waals surface area (Å²) in [5.41, 5.74) is -1.17. The summed E-state index contributed by atoms with van der Waals surface area (Å²) < 4.78 is 20.2. The second-order valence-electron chi connectivity index (χ2n) is 8.37. The Morgan fingerprint density at radius 1 is 1.29 bits per heavy atom. The van der Waals surface area contributed by atoms with Crippen LogP contribution in [0.2, 0.25) is 5.02 Å². The number of carbonyl (C=O) groups is 2. The van der Waals surface area contributed by atoms with Gasteiger partial charge in [-0.15, -0.1) is 0 Å². The molecule has 0 radical (unpaired) electrons. The van der Waals surface area contributed by atoms with E-state index in [1.807, 2.05) is 0 Å². The molecule has 2 aromatic rings. The van der Waals surface area contributed by atoms with Gasteiger partial charge >= 0.3 is 6.09 Å². The van der Waals surface area contributed by atoms with Crippen molar-refractivity contribution in [1.82, 2.24) is 19.9 Å². The van der Waals surface area contributed by atoms with Gasteiger partial charge in [0, 0.05) is 6.07 Å². The van der Waals surface area contributed by atoms with Crippen LogP contribution in [0.3, 0.4) is 0 Å². The van der Waals surface area contributed by atoms with Gasteiger partial charge in [-0.05, 0) is 45.4 Å². The van der Waals surface area contributed by atoms with Crippen molar-refractivity contribution in [3.05, 3.63) is 75.7 Å². The maximum Gasteiger partial charge on any atom is 0.413 e. The van der Waals surface area contributed by atoms with Crippen LogP contribution in [-0.4, -0.2) is 32.1 Å². The van der Waals surface area contributed by atoms with Crippen LogP contribution in [-0.2, 0) is 4.74 Å². The van der Waals surface area contributed by atoms with E-state index in [0.717, 1.165) is 10.6 Å². The monoisotopic (exact) mass is 502 g/mol. The first kappa shape index (κ1) is 25.6. The van der Waals surface area contributed by atoms with Gasteiger partial charge in [-0.25, -0.2) is 19.2 Å². The minimum Gasteiger partial charge on any atom is -0.444 e. The summed E-state index contributed by atoms with van der Waals surface area (Å²) in [6.07, 6.45) is 3.16. The van der Waals surface area contributed by atoms with Gasteiger partial charge in [-0.2, -0.15) is 0 Å². The molecule has 1 aliphatic rings. The number of nitrogens with one attached hydrogen (secondary N) is 3. The molecular weight excluding hydrogens is 479 g/mol. The predicted molar refractivity (Wildman–Crippen MR) is 131 cm³/mol. The number of amides is 2. The van der Waals surface area contributed by atoms with Crippen LogP contribution in [0.15, 0.2) is 59.5 Å². The van der Waals surface area contributed by atoms with Crippen molar-refractivity contribution < 1.29 is 18.7 Å². The number of fused-ring (bicyclic) bond motifs is 1. The highest BCUT2D eigenvalue weighted by Crippen LogP contribution is 2.30. The molecule has 1 unspecified atom stereocenters. The number of halogens is 2. The fraction of sp³-hybridized carbons (Fsp3) is 0.261. The highest BCUT2D eigenvalue weighted by Gasteiger charge is 2.34. The molecule has 184 valence electrons. The van der Waals surface area contributed by atoms with Gasteiger partial charge in [-0.1, -0.05) is 30.3 Å². The Bertz CT molecular complexity index is 1310. The molecule has 1 aliphatic heterocycles. The van der Waals surface area contributed by atoms with Crippen molar-refractivity contribution in [1.29, 1.82) is 0 Å². The summed E-state index contributed by atoms with van der Waals surface area (Å²) in [4.78, 5) is 45.8. The Hall–Kier alpha value is -3.99. The van der Waals surface area contributed by atoms with E-state index in [-0.39, 0.29) is 33.6 Å². The number of allylic oxidation sites excluding steroid dienone is 3. The predicted octanol–water partition coefficient (Wildman–Crippen LogP) is 4.61. The van der Waals surface area contributed by atoms with Crippen molar-refractivity contribution in [2.45, 2.75) is 39.5 Å². The maximum absolute atomic E-state index is 13.9. The largest absolute Gasteiger partial charge is 0.444 e. The Balaban J connectivity index is 1.97. The zero-order valence-electron chi connectivity index (χ0n) is 19.5. The molecule has 0 saturated carbocycles. The summed E-state index contributed by atoms with van der Waals surface area (Å²) >= 11 is 6.32. The number of hydrogen-bond donors (Lipinski definition) is 3. The fourth-order valence-corrected chi connectivity index (χ4v) is 3.46. The maximum atomic E-state index is 13.9. The molecule has 0 aliphatic carbocycles. The van der Waals surface area contributed by atoms with E-state index in [0.29, 0.717) is 0 Å². The Labute approximate surface area is 205 Å². The molecule has 10 nitrogen and oxygen atoms in total. The van der Waals surface area contributed by atoms with Gasteiger partial charge in [0.15, 0.2) is 0 Å². The molecule has 3 rings (SSSR count). The molecule has 2 amide bonds. The van der Waals surface area contributed by atoms with Crippen molar-refractivity contribution in [3.8, 4) is 0 Å². The van der Waals surface area contributed by atoms with E-state index in [1.54, 1.807) is 20.8 Å². The summed E-state index contributed by atoms with van der Waals surface area (Å²) in [7, 11) is 0. The van der Waals surface area contributed by atoms with E-state index >= 15 is 0 Å². The molecule has 0 spiro atoms. The molecule has 35 heavy (non-hydrogen) atoms. The average Bonchev–Trinajstić information content (AvgIpc) is 3.12. The molecular formula is C23H24ClFN6O4. The number of aromatic nitrogens is 3. The van der Waals surface area contributed by atoms with E-state index in [1.165, 1.54) is 37.5 Å².